The van der Waals surface area contributed by atoms with Crippen LogP contribution >= 0.6 is 0 Å². The highest BCUT2D eigenvalue weighted by Crippen LogP contribution is 2.32. The standard InChI is InChI=1S/C26H26N2O2/c1-3-25(29)28-16-15-23-17-22(13-14-24(23)28)20-9-11-21(12-10-20)26(30)27-18(2)19-7-5-4-6-8-19/h4-14,17-18H,3,15-16H2,1-2H3,(H,27,30)/t18-/m1/s1. The number of benzene rings is 3. The Morgan fingerprint density at radius 2 is 1.67 bits per heavy atom. The van der Waals surface area contributed by atoms with Crippen molar-refractivity contribution >= 4 is 17.5 Å². The molecule has 0 aromatic heterocycles. The Morgan fingerprint density at radius 3 is 2.37 bits per heavy atom. The van der Waals surface area contributed by atoms with Crippen LogP contribution in [0.1, 0.15) is 47.8 Å². The lowest BCUT2D eigenvalue weighted by Crippen LogP contribution is -2.27. The van der Waals surface area contributed by atoms with Crippen LogP contribution in [0.5, 0.6) is 0 Å². The van der Waals surface area contributed by atoms with E-state index in [4.69, 9.17) is 0 Å². The number of amides is 2. The molecule has 4 heteroatoms. The normalized spacial score (nSPS) is 13.6. The summed E-state index contributed by atoms with van der Waals surface area (Å²) in [5, 5.41) is 3.05. The number of hydrogen-bond donors (Lipinski definition) is 1. The summed E-state index contributed by atoms with van der Waals surface area (Å²) in [7, 11) is 0. The summed E-state index contributed by atoms with van der Waals surface area (Å²) in [5.41, 5.74) is 6.11. The molecule has 4 rings (SSSR count). The summed E-state index contributed by atoms with van der Waals surface area (Å²) in [6, 6.07) is 23.8. The van der Waals surface area contributed by atoms with E-state index in [1.165, 1.54) is 5.56 Å². The van der Waals surface area contributed by atoms with E-state index in [9.17, 15) is 9.59 Å². The zero-order valence-electron chi connectivity index (χ0n) is 17.4. The quantitative estimate of drug-likeness (QED) is 0.647. The third kappa shape index (κ3) is 3.99. The van der Waals surface area contributed by atoms with E-state index in [1.807, 2.05) is 85.5 Å². The highest BCUT2D eigenvalue weighted by atomic mass is 16.2. The fraction of sp³-hybridized carbons (Fsp3) is 0.231. The number of hydrogen-bond acceptors (Lipinski definition) is 2. The van der Waals surface area contributed by atoms with Gasteiger partial charge < -0.3 is 10.2 Å². The van der Waals surface area contributed by atoms with Crippen LogP contribution < -0.4 is 10.2 Å². The van der Waals surface area contributed by atoms with Crippen molar-refractivity contribution in [2.24, 2.45) is 0 Å². The number of nitrogens with zero attached hydrogens (tertiary/aromatic N) is 1. The molecule has 3 aromatic carbocycles. The van der Waals surface area contributed by atoms with Crippen molar-refractivity contribution in [3.05, 3.63) is 89.5 Å². The van der Waals surface area contributed by atoms with Crippen LogP contribution in [-0.2, 0) is 11.2 Å². The van der Waals surface area contributed by atoms with E-state index in [1.54, 1.807) is 0 Å². The molecule has 1 N–H and O–H groups in total. The van der Waals surface area contributed by atoms with Gasteiger partial charge in [0.25, 0.3) is 5.91 Å². The van der Waals surface area contributed by atoms with Gasteiger partial charge >= 0.3 is 0 Å². The highest BCUT2D eigenvalue weighted by molar-refractivity contribution is 5.96. The molecule has 1 atom stereocenters. The molecule has 3 aromatic rings. The van der Waals surface area contributed by atoms with Gasteiger partial charge in [-0.2, -0.15) is 0 Å². The van der Waals surface area contributed by atoms with Gasteiger partial charge in [0.1, 0.15) is 0 Å². The van der Waals surface area contributed by atoms with Crippen LogP contribution in [0.15, 0.2) is 72.8 Å². The number of nitrogens with one attached hydrogen (secondary N) is 1. The lowest BCUT2D eigenvalue weighted by molar-refractivity contribution is -0.118. The largest absolute Gasteiger partial charge is 0.346 e. The average molecular weight is 399 g/mol. The molecule has 30 heavy (non-hydrogen) atoms. The Bertz CT molecular complexity index is 1060. The average Bonchev–Trinajstić information content (AvgIpc) is 3.22. The van der Waals surface area contributed by atoms with Crippen molar-refractivity contribution in [2.75, 3.05) is 11.4 Å². The van der Waals surface area contributed by atoms with Crippen LogP contribution in [0.2, 0.25) is 0 Å². The van der Waals surface area contributed by atoms with Crippen LogP contribution in [0.3, 0.4) is 0 Å². The van der Waals surface area contributed by atoms with Crippen molar-refractivity contribution in [1.82, 2.24) is 5.32 Å². The minimum absolute atomic E-state index is 0.0520. The molecule has 0 unspecified atom stereocenters. The van der Waals surface area contributed by atoms with Crippen molar-refractivity contribution in [1.29, 1.82) is 0 Å². The van der Waals surface area contributed by atoms with Gasteiger partial charge in [0, 0.05) is 24.2 Å². The Balaban J connectivity index is 1.47. The number of anilines is 1. The first-order valence-corrected chi connectivity index (χ1v) is 10.5. The lowest BCUT2D eigenvalue weighted by atomic mass is 10.00. The summed E-state index contributed by atoms with van der Waals surface area (Å²) >= 11 is 0. The summed E-state index contributed by atoms with van der Waals surface area (Å²) in [6.45, 7) is 4.63. The molecule has 0 aliphatic carbocycles. The van der Waals surface area contributed by atoms with Gasteiger partial charge in [-0.25, -0.2) is 0 Å². The Morgan fingerprint density at radius 1 is 0.967 bits per heavy atom. The van der Waals surface area contributed by atoms with Crippen LogP contribution in [0, 0.1) is 0 Å². The number of carbonyl (C=O) groups excluding carboxylic acids is 2. The predicted octanol–water partition coefficient (Wildman–Crippen LogP) is 5.14. The zero-order chi connectivity index (χ0) is 21.1. The summed E-state index contributed by atoms with van der Waals surface area (Å²) in [4.78, 5) is 26.6. The van der Waals surface area contributed by atoms with Crippen LogP contribution in [0.4, 0.5) is 5.69 Å². The van der Waals surface area contributed by atoms with Gasteiger partial charge in [0.15, 0.2) is 0 Å². The molecule has 4 nitrogen and oxygen atoms in total. The molecule has 1 aliphatic heterocycles. The molecular formula is C26H26N2O2. The molecule has 0 bridgehead atoms. The zero-order valence-corrected chi connectivity index (χ0v) is 17.4. The van der Waals surface area contributed by atoms with Gasteiger partial charge in [-0.3, -0.25) is 9.59 Å². The van der Waals surface area contributed by atoms with Crippen molar-refractivity contribution < 1.29 is 9.59 Å². The van der Waals surface area contributed by atoms with Gasteiger partial charge in [0.05, 0.1) is 6.04 Å². The molecule has 0 saturated carbocycles. The molecule has 152 valence electrons. The Hall–Kier alpha value is -3.40. The molecule has 0 saturated heterocycles. The summed E-state index contributed by atoms with van der Waals surface area (Å²) in [6.07, 6.45) is 1.40. The first-order chi connectivity index (χ1) is 14.6. The van der Waals surface area contributed by atoms with Crippen molar-refractivity contribution in [3.63, 3.8) is 0 Å². The molecule has 1 heterocycles. The van der Waals surface area contributed by atoms with E-state index < -0.39 is 0 Å². The van der Waals surface area contributed by atoms with E-state index in [2.05, 4.69) is 11.4 Å². The summed E-state index contributed by atoms with van der Waals surface area (Å²) < 4.78 is 0. The molecular weight excluding hydrogens is 372 g/mol. The maximum atomic E-state index is 12.6. The maximum absolute atomic E-state index is 12.6. The number of rotatable bonds is 5. The number of fused-ring (bicyclic) bond motifs is 1. The van der Waals surface area contributed by atoms with E-state index in [0.717, 1.165) is 35.3 Å². The topological polar surface area (TPSA) is 49.4 Å². The van der Waals surface area contributed by atoms with Gasteiger partial charge in [-0.05, 0) is 59.9 Å². The lowest BCUT2D eigenvalue weighted by Gasteiger charge is -2.16. The Labute approximate surface area is 177 Å². The highest BCUT2D eigenvalue weighted by Gasteiger charge is 2.23. The van der Waals surface area contributed by atoms with Gasteiger partial charge in [-0.15, -0.1) is 0 Å². The Kier molecular flexibility index (Phi) is 5.66. The van der Waals surface area contributed by atoms with E-state index in [-0.39, 0.29) is 17.9 Å². The molecule has 1 aliphatic rings. The second-order valence-corrected chi connectivity index (χ2v) is 7.68. The SMILES string of the molecule is CCC(=O)N1CCc2cc(-c3ccc(C(=O)N[C@H](C)c4ccccc4)cc3)ccc21. The fourth-order valence-electron chi connectivity index (χ4n) is 3.95. The monoisotopic (exact) mass is 398 g/mol. The molecule has 0 radical (unpaired) electrons. The molecule has 2 amide bonds. The molecule has 0 spiro atoms. The minimum Gasteiger partial charge on any atom is -0.346 e. The predicted molar refractivity (Wildman–Crippen MR) is 121 cm³/mol. The van der Waals surface area contributed by atoms with Crippen LogP contribution in [-0.4, -0.2) is 18.4 Å². The smallest absolute Gasteiger partial charge is 0.251 e. The second-order valence-electron chi connectivity index (χ2n) is 7.68. The van der Waals surface area contributed by atoms with E-state index in [0.29, 0.717) is 12.0 Å². The first-order valence-electron chi connectivity index (χ1n) is 10.5. The van der Waals surface area contributed by atoms with Crippen LogP contribution in [0.25, 0.3) is 11.1 Å². The van der Waals surface area contributed by atoms with Gasteiger partial charge in [0.2, 0.25) is 5.91 Å². The van der Waals surface area contributed by atoms with E-state index >= 15 is 0 Å². The summed E-state index contributed by atoms with van der Waals surface area (Å²) in [5.74, 6) is 0.0853. The van der Waals surface area contributed by atoms with Crippen molar-refractivity contribution in [2.45, 2.75) is 32.7 Å². The number of carbonyl (C=O) groups is 2. The molecule has 0 fully saturated rings. The maximum Gasteiger partial charge on any atom is 0.251 e. The first kappa shape index (κ1) is 19.9. The van der Waals surface area contributed by atoms with Gasteiger partial charge in [-0.1, -0.05) is 55.5 Å². The van der Waals surface area contributed by atoms with Crippen molar-refractivity contribution in [3.8, 4) is 11.1 Å². The third-order valence-electron chi connectivity index (χ3n) is 5.71. The minimum atomic E-state index is -0.0828. The third-order valence-corrected chi connectivity index (χ3v) is 5.71. The second kappa shape index (κ2) is 8.54. The fourth-order valence-corrected chi connectivity index (χ4v) is 3.95.